The Morgan fingerprint density at radius 1 is 1.20 bits per heavy atom. The van der Waals surface area contributed by atoms with Gasteiger partial charge in [-0.25, -0.2) is 13.8 Å². The lowest BCUT2D eigenvalue weighted by Crippen LogP contribution is -2.15. The fourth-order valence-electron chi connectivity index (χ4n) is 1.42. The zero-order valence-electron chi connectivity index (χ0n) is 9.55. The molecule has 0 aliphatic heterocycles. The SMILES string of the molecule is O=C(Nc1c(F)cc(Br)cc1F)c1ccc(Cl)nc1Cl. The summed E-state index contributed by atoms with van der Waals surface area (Å²) < 4.78 is 27.4. The highest BCUT2D eigenvalue weighted by Gasteiger charge is 2.17. The van der Waals surface area contributed by atoms with E-state index >= 15 is 0 Å². The van der Waals surface area contributed by atoms with Crippen molar-refractivity contribution >= 4 is 50.7 Å². The molecule has 2 aromatic rings. The number of hydrogen-bond donors (Lipinski definition) is 1. The number of pyridine rings is 1. The standard InChI is InChI=1S/C12H5BrCl2F2N2O/c13-5-3-7(16)10(8(17)4-5)19-12(20)6-1-2-9(14)18-11(6)15/h1-4H,(H,19,20). The van der Waals surface area contributed by atoms with E-state index < -0.39 is 23.2 Å². The van der Waals surface area contributed by atoms with Gasteiger partial charge in [0.25, 0.3) is 5.91 Å². The Morgan fingerprint density at radius 3 is 2.35 bits per heavy atom. The molecule has 2 rings (SSSR count). The summed E-state index contributed by atoms with van der Waals surface area (Å²) in [7, 11) is 0. The molecule has 1 N–H and O–H groups in total. The van der Waals surface area contributed by atoms with Crippen LogP contribution < -0.4 is 5.32 Å². The van der Waals surface area contributed by atoms with Crippen LogP contribution in [0.1, 0.15) is 10.4 Å². The third kappa shape index (κ3) is 3.26. The number of amides is 1. The highest BCUT2D eigenvalue weighted by molar-refractivity contribution is 9.10. The van der Waals surface area contributed by atoms with Gasteiger partial charge in [-0.2, -0.15) is 0 Å². The van der Waals surface area contributed by atoms with E-state index in [2.05, 4.69) is 26.2 Å². The molecule has 1 heterocycles. The van der Waals surface area contributed by atoms with Crippen molar-refractivity contribution in [2.75, 3.05) is 5.32 Å². The number of benzene rings is 1. The van der Waals surface area contributed by atoms with E-state index in [0.717, 1.165) is 12.1 Å². The van der Waals surface area contributed by atoms with Crippen molar-refractivity contribution in [3.8, 4) is 0 Å². The third-order valence-electron chi connectivity index (χ3n) is 2.30. The first kappa shape index (κ1) is 15.2. The Hall–Kier alpha value is -1.24. The van der Waals surface area contributed by atoms with E-state index in [1.54, 1.807) is 0 Å². The molecule has 0 saturated heterocycles. The van der Waals surface area contributed by atoms with Crippen LogP contribution in [-0.4, -0.2) is 10.9 Å². The van der Waals surface area contributed by atoms with Crippen LogP contribution in [0.5, 0.6) is 0 Å². The molecule has 0 spiro atoms. The van der Waals surface area contributed by atoms with Crippen LogP contribution in [0, 0.1) is 11.6 Å². The van der Waals surface area contributed by atoms with Crippen molar-refractivity contribution in [3.05, 3.63) is 56.2 Å². The summed E-state index contributed by atoms with van der Waals surface area (Å²) in [5.74, 6) is -2.62. The Balaban J connectivity index is 2.33. The molecule has 0 unspecified atom stereocenters. The third-order valence-corrected chi connectivity index (χ3v) is 3.26. The molecule has 0 radical (unpaired) electrons. The second-order valence-corrected chi connectivity index (χ2v) is 5.33. The van der Waals surface area contributed by atoms with Gasteiger partial charge in [0.15, 0.2) is 11.6 Å². The van der Waals surface area contributed by atoms with Crippen LogP contribution in [0.4, 0.5) is 14.5 Å². The zero-order chi connectivity index (χ0) is 14.9. The molecular formula is C12H5BrCl2F2N2O. The largest absolute Gasteiger partial charge is 0.317 e. The maximum absolute atomic E-state index is 13.6. The van der Waals surface area contributed by atoms with E-state index in [-0.39, 0.29) is 20.3 Å². The molecular weight excluding hydrogens is 377 g/mol. The number of hydrogen-bond acceptors (Lipinski definition) is 2. The first-order valence-electron chi connectivity index (χ1n) is 5.16. The van der Waals surface area contributed by atoms with Gasteiger partial charge < -0.3 is 5.32 Å². The van der Waals surface area contributed by atoms with E-state index in [4.69, 9.17) is 23.2 Å². The molecule has 0 aliphatic rings. The van der Waals surface area contributed by atoms with Crippen molar-refractivity contribution < 1.29 is 13.6 Å². The molecule has 0 aliphatic carbocycles. The Labute approximate surface area is 131 Å². The van der Waals surface area contributed by atoms with Crippen molar-refractivity contribution in [1.82, 2.24) is 4.98 Å². The number of anilines is 1. The molecule has 8 heteroatoms. The lowest BCUT2D eigenvalue weighted by molar-refractivity contribution is 0.102. The maximum Gasteiger partial charge on any atom is 0.258 e. The fourth-order valence-corrected chi connectivity index (χ4v) is 2.26. The number of halogens is 5. The van der Waals surface area contributed by atoms with E-state index in [9.17, 15) is 13.6 Å². The molecule has 1 aromatic carbocycles. The summed E-state index contributed by atoms with van der Waals surface area (Å²) in [4.78, 5) is 15.6. The van der Waals surface area contributed by atoms with Crippen molar-refractivity contribution in [3.63, 3.8) is 0 Å². The van der Waals surface area contributed by atoms with Gasteiger partial charge >= 0.3 is 0 Å². The van der Waals surface area contributed by atoms with Crippen LogP contribution >= 0.6 is 39.1 Å². The summed E-state index contributed by atoms with van der Waals surface area (Å²) in [6.07, 6.45) is 0. The van der Waals surface area contributed by atoms with Crippen LogP contribution in [-0.2, 0) is 0 Å². The van der Waals surface area contributed by atoms with Gasteiger partial charge in [-0.1, -0.05) is 39.1 Å². The molecule has 0 saturated carbocycles. The van der Waals surface area contributed by atoms with Crippen LogP contribution in [0.3, 0.4) is 0 Å². The molecule has 104 valence electrons. The topological polar surface area (TPSA) is 42.0 Å². The van der Waals surface area contributed by atoms with Gasteiger partial charge in [0, 0.05) is 4.47 Å². The monoisotopic (exact) mass is 380 g/mol. The lowest BCUT2D eigenvalue weighted by Gasteiger charge is -2.09. The van der Waals surface area contributed by atoms with Crippen LogP contribution in [0.15, 0.2) is 28.7 Å². The highest BCUT2D eigenvalue weighted by atomic mass is 79.9. The summed E-state index contributed by atoms with van der Waals surface area (Å²) >= 11 is 14.3. The number of aromatic nitrogens is 1. The molecule has 1 amide bonds. The van der Waals surface area contributed by atoms with Gasteiger partial charge in [-0.15, -0.1) is 0 Å². The Kier molecular flexibility index (Phi) is 4.57. The molecule has 3 nitrogen and oxygen atoms in total. The molecule has 0 fully saturated rings. The van der Waals surface area contributed by atoms with Gasteiger partial charge in [-0.3, -0.25) is 4.79 Å². The quantitative estimate of drug-likeness (QED) is 0.767. The smallest absolute Gasteiger partial charge is 0.258 e. The van der Waals surface area contributed by atoms with Gasteiger partial charge in [0.2, 0.25) is 0 Å². The van der Waals surface area contributed by atoms with Crippen molar-refractivity contribution in [1.29, 1.82) is 0 Å². The summed E-state index contributed by atoms with van der Waals surface area (Å²) in [6.45, 7) is 0. The second-order valence-electron chi connectivity index (χ2n) is 3.67. The Morgan fingerprint density at radius 2 is 1.80 bits per heavy atom. The first-order chi connectivity index (χ1) is 9.38. The number of nitrogens with zero attached hydrogens (tertiary/aromatic N) is 1. The number of rotatable bonds is 2. The normalized spacial score (nSPS) is 10.4. The van der Waals surface area contributed by atoms with Crippen molar-refractivity contribution in [2.45, 2.75) is 0 Å². The summed E-state index contributed by atoms with van der Waals surface area (Å²) in [5.41, 5.74) is -0.609. The first-order valence-corrected chi connectivity index (χ1v) is 6.71. The summed E-state index contributed by atoms with van der Waals surface area (Å²) in [5, 5.41) is 2.05. The second kappa shape index (κ2) is 6.03. The van der Waals surface area contributed by atoms with Gasteiger partial charge in [-0.05, 0) is 24.3 Å². The minimum atomic E-state index is -0.914. The Bertz CT molecular complexity index is 674. The fraction of sp³-hybridized carbons (Fsp3) is 0. The number of carbonyl (C=O) groups excluding carboxylic acids is 1. The minimum Gasteiger partial charge on any atom is -0.317 e. The van der Waals surface area contributed by atoms with E-state index in [1.165, 1.54) is 12.1 Å². The number of nitrogens with one attached hydrogen (secondary N) is 1. The average molecular weight is 382 g/mol. The van der Waals surface area contributed by atoms with Crippen LogP contribution in [0.25, 0.3) is 0 Å². The average Bonchev–Trinajstić information content (AvgIpc) is 2.33. The van der Waals surface area contributed by atoms with Crippen LogP contribution in [0.2, 0.25) is 10.3 Å². The zero-order valence-corrected chi connectivity index (χ0v) is 12.7. The predicted octanol–water partition coefficient (Wildman–Crippen LogP) is 4.68. The summed E-state index contributed by atoms with van der Waals surface area (Å²) in [6, 6.07) is 4.71. The highest BCUT2D eigenvalue weighted by Crippen LogP contribution is 2.25. The molecule has 1 aromatic heterocycles. The number of carbonyl (C=O) groups is 1. The molecule has 0 bridgehead atoms. The van der Waals surface area contributed by atoms with Gasteiger partial charge in [0.05, 0.1) is 5.56 Å². The van der Waals surface area contributed by atoms with Gasteiger partial charge in [0.1, 0.15) is 16.0 Å². The maximum atomic E-state index is 13.6. The minimum absolute atomic E-state index is 0.0437. The van der Waals surface area contributed by atoms with E-state index in [1.807, 2.05) is 0 Å². The van der Waals surface area contributed by atoms with E-state index in [0.29, 0.717) is 0 Å². The van der Waals surface area contributed by atoms with Crippen molar-refractivity contribution in [2.24, 2.45) is 0 Å². The lowest BCUT2D eigenvalue weighted by atomic mass is 10.2. The molecule has 20 heavy (non-hydrogen) atoms. The molecule has 0 atom stereocenters. The predicted molar refractivity (Wildman–Crippen MR) is 76.3 cm³/mol.